The molecule has 0 bridgehead atoms. The Balaban J connectivity index is 2.50. The van der Waals surface area contributed by atoms with Gasteiger partial charge in [-0.15, -0.1) is 12.3 Å². The van der Waals surface area contributed by atoms with Gasteiger partial charge in [0.1, 0.15) is 11.6 Å². The van der Waals surface area contributed by atoms with E-state index in [1.807, 2.05) is 20.8 Å². The van der Waals surface area contributed by atoms with E-state index >= 15 is 0 Å². The molecule has 1 heterocycles. The second-order valence-electron chi connectivity index (χ2n) is 6.19. The van der Waals surface area contributed by atoms with Crippen molar-refractivity contribution in [1.82, 2.24) is 4.90 Å². The smallest absolute Gasteiger partial charge is 0.329 e. The first-order chi connectivity index (χ1) is 9.35. The summed E-state index contributed by atoms with van der Waals surface area (Å²) in [6.45, 7) is 6.17. The maximum absolute atomic E-state index is 12.2. The van der Waals surface area contributed by atoms with Gasteiger partial charge in [-0.1, -0.05) is 0 Å². The van der Waals surface area contributed by atoms with Crippen LogP contribution >= 0.6 is 0 Å². The lowest BCUT2D eigenvalue weighted by Crippen LogP contribution is -2.43. The molecule has 1 amide bonds. The van der Waals surface area contributed by atoms with Gasteiger partial charge in [-0.25, -0.2) is 4.79 Å². The van der Waals surface area contributed by atoms with Crippen LogP contribution in [0, 0.1) is 12.3 Å². The average Bonchev–Trinajstić information content (AvgIpc) is 2.81. The van der Waals surface area contributed by atoms with Gasteiger partial charge in [0.25, 0.3) is 0 Å². The van der Waals surface area contributed by atoms with E-state index < -0.39 is 11.6 Å². The standard InChI is InChI=1S/C16H25NO3/c1-5-6-7-8-11-14(18)17-12-9-10-13(17)15(19)20-16(2,3)4/h1,13H,6-12H2,2-4H3/t13-/m0/s1. The van der Waals surface area contributed by atoms with E-state index in [9.17, 15) is 9.59 Å². The molecule has 0 aromatic carbocycles. The quantitative estimate of drug-likeness (QED) is 0.441. The van der Waals surface area contributed by atoms with Crippen molar-refractivity contribution >= 4 is 11.9 Å². The summed E-state index contributed by atoms with van der Waals surface area (Å²) in [6.07, 6.45) is 9.53. The molecule has 1 saturated heterocycles. The zero-order chi connectivity index (χ0) is 15.2. The molecule has 112 valence electrons. The van der Waals surface area contributed by atoms with E-state index in [2.05, 4.69) is 5.92 Å². The van der Waals surface area contributed by atoms with Gasteiger partial charge in [0.2, 0.25) is 5.91 Å². The first-order valence-corrected chi connectivity index (χ1v) is 7.31. The summed E-state index contributed by atoms with van der Waals surface area (Å²) in [5, 5.41) is 0. The molecule has 4 nitrogen and oxygen atoms in total. The van der Waals surface area contributed by atoms with E-state index in [4.69, 9.17) is 11.2 Å². The van der Waals surface area contributed by atoms with Gasteiger partial charge < -0.3 is 9.64 Å². The van der Waals surface area contributed by atoms with Crippen molar-refractivity contribution in [2.24, 2.45) is 0 Å². The molecule has 0 spiro atoms. The number of carbonyl (C=O) groups excluding carboxylic acids is 2. The summed E-state index contributed by atoms with van der Waals surface area (Å²) < 4.78 is 5.39. The van der Waals surface area contributed by atoms with Crippen molar-refractivity contribution < 1.29 is 14.3 Å². The molecule has 1 atom stereocenters. The zero-order valence-corrected chi connectivity index (χ0v) is 12.8. The molecule has 0 unspecified atom stereocenters. The van der Waals surface area contributed by atoms with Crippen molar-refractivity contribution in [1.29, 1.82) is 0 Å². The zero-order valence-electron chi connectivity index (χ0n) is 12.8. The van der Waals surface area contributed by atoms with E-state index in [0.29, 0.717) is 25.8 Å². The van der Waals surface area contributed by atoms with Crippen LogP contribution in [-0.2, 0) is 14.3 Å². The number of ether oxygens (including phenoxy) is 1. The normalized spacial score (nSPS) is 18.7. The molecule has 1 aliphatic rings. The topological polar surface area (TPSA) is 46.6 Å². The second kappa shape index (κ2) is 7.33. The van der Waals surface area contributed by atoms with Crippen LogP contribution in [0.25, 0.3) is 0 Å². The third-order valence-electron chi connectivity index (χ3n) is 3.21. The number of hydrogen-bond acceptors (Lipinski definition) is 3. The number of terminal acetylenes is 1. The minimum absolute atomic E-state index is 0.0374. The number of likely N-dealkylation sites (tertiary alicyclic amines) is 1. The Kier molecular flexibility index (Phi) is 6.06. The molecule has 0 saturated carbocycles. The largest absolute Gasteiger partial charge is 0.458 e. The fourth-order valence-electron chi connectivity index (χ4n) is 2.33. The lowest BCUT2D eigenvalue weighted by molar-refractivity contribution is -0.163. The highest BCUT2D eigenvalue weighted by molar-refractivity contribution is 5.85. The molecule has 1 aliphatic heterocycles. The highest BCUT2D eigenvalue weighted by atomic mass is 16.6. The molecule has 0 radical (unpaired) electrons. The van der Waals surface area contributed by atoms with Gasteiger partial charge in [0.05, 0.1) is 0 Å². The lowest BCUT2D eigenvalue weighted by atomic mass is 10.1. The van der Waals surface area contributed by atoms with Gasteiger partial charge >= 0.3 is 5.97 Å². The minimum atomic E-state index is -0.513. The molecule has 0 aromatic rings. The van der Waals surface area contributed by atoms with Crippen LogP contribution in [0.1, 0.15) is 59.3 Å². The monoisotopic (exact) mass is 279 g/mol. The van der Waals surface area contributed by atoms with Crippen molar-refractivity contribution in [3.63, 3.8) is 0 Å². The Morgan fingerprint density at radius 3 is 2.65 bits per heavy atom. The Morgan fingerprint density at radius 2 is 2.05 bits per heavy atom. The van der Waals surface area contributed by atoms with Crippen LogP contribution < -0.4 is 0 Å². The number of carbonyl (C=O) groups is 2. The highest BCUT2D eigenvalue weighted by Gasteiger charge is 2.36. The first-order valence-electron chi connectivity index (χ1n) is 7.31. The summed E-state index contributed by atoms with van der Waals surface area (Å²) in [6, 6.07) is -0.408. The van der Waals surface area contributed by atoms with E-state index in [-0.39, 0.29) is 11.9 Å². The summed E-state index contributed by atoms with van der Waals surface area (Å²) in [5.41, 5.74) is -0.513. The number of amides is 1. The number of nitrogens with zero attached hydrogens (tertiary/aromatic N) is 1. The summed E-state index contributed by atoms with van der Waals surface area (Å²) in [5.74, 6) is 2.32. The SMILES string of the molecule is C#CCCCCC(=O)N1CCC[C@H]1C(=O)OC(C)(C)C. The highest BCUT2D eigenvalue weighted by Crippen LogP contribution is 2.22. The molecule has 0 aliphatic carbocycles. The van der Waals surface area contributed by atoms with Crippen LogP contribution in [0.5, 0.6) is 0 Å². The van der Waals surface area contributed by atoms with Gasteiger partial charge in [0, 0.05) is 19.4 Å². The molecule has 4 heteroatoms. The van der Waals surface area contributed by atoms with Gasteiger partial charge in [0.15, 0.2) is 0 Å². The minimum Gasteiger partial charge on any atom is -0.458 e. The van der Waals surface area contributed by atoms with Crippen molar-refractivity contribution in [2.45, 2.75) is 70.9 Å². The van der Waals surface area contributed by atoms with Crippen molar-refractivity contribution in [2.75, 3.05) is 6.54 Å². The van der Waals surface area contributed by atoms with Gasteiger partial charge in [-0.2, -0.15) is 0 Å². The predicted octanol–water partition coefficient (Wildman–Crippen LogP) is 2.51. The van der Waals surface area contributed by atoms with Crippen LogP contribution in [-0.4, -0.2) is 35.0 Å². The molecular weight excluding hydrogens is 254 g/mol. The van der Waals surface area contributed by atoms with E-state index in [1.54, 1.807) is 4.90 Å². The molecular formula is C16H25NO3. The molecule has 1 fully saturated rings. The maximum Gasteiger partial charge on any atom is 0.329 e. The van der Waals surface area contributed by atoms with Gasteiger partial charge in [-0.05, 0) is 46.5 Å². The van der Waals surface area contributed by atoms with E-state index in [1.165, 1.54) is 0 Å². The third kappa shape index (κ3) is 5.24. The number of esters is 1. The Morgan fingerprint density at radius 1 is 1.35 bits per heavy atom. The average molecular weight is 279 g/mol. The second-order valence-corrected chi connectivity index (χ2v) is 6.19. The number of rotatable bonds is 5. The predicted molar refractivity (Wildman–Crippen MR) is 77.9 cm³/mol. The summed E-state index contributed by atoms with van der Waals surface area (Å²) in [7, 11) is 0. The Labute approximate surface area is 121 Å². The summed E-state index contributed by atoms with van der Waals surface area (Å²) >= 11 is 0. The molecule has 1 rings (SSSR count). The fourth-order valence-corrected chi connectivity index (χ4v) is 2.33. The van der Waals surface area contributed by atoms with E-state index in [0.717, 1.165) is 19.3 Å². The maximum atomic E-state index is 12.2. The van der Waals surface area contributed by atoms with Gasteiger partial charge in [-0.3, -0.25) is 4.79 Å². The van der Waals surface area contributed by atoms with Crippen LogP contribution in [0.3, 0.4) is 0 Å². The summed E-state index contributed by atoms with van der Waals surface area (Å²) in [4.78, 5) is 25.9. The Hall–Kier alpha value is -1.50. The fraction of sp³-hybridized carbons (Fsp3) is 0.750. The van der Waals surface area contributed by atoms with Crippen LogP contribution in [0.4, 0.5) is 0 Å². The van der Waals surface area contributed by atoms with Crippen molar-refractivity contribution in [3.05, 3.63) is 0 Å². The van der Waals surface area contributed by atoms with Crippen LogP contribution in [0.2, 0.25) is 0 Å². The molecule has 20 heavy (non-hydrogen) atoms. The van der Waals surface area contributed by atoms with Crippen LogP contribution in [0.15, 0.2) is 0 Å². The molecule has 0 aromatic heterocycles. The lowest BCUT2D eigenvalue weighted by Gasteiger charge is -2.27. The number of unbranched alkanes of at least 4 members (excludes halogenated alkanes) is 2. The number of hydrogen-bond donors (Lipinski definition) is 0. The van der Waals surface area contributed by atoms with Crippen molar-refractivity contribution in [3.8, 4) is 12.3 Å². The Bertz CT molecular complexity index is 390. The third-order valence-corrected chi connectivity index (χ3v) is 3.21. The first kappa shape index (κ1) is 16.6. The molecule has 0 N–H and O–H groups in total.